The smallest absolute Gasteiger partial charge is 0.328 e. The van der Waals surface area contributed by atoms with Gasteiger partial charge in [0.25, 0.3) is 5.91 Å². The Hall–Kier alpha value is -1.43. The zero-order valence-corrected chi connectivity index (χ0v) is 9.51. The Morgan fingerprint density at radius 1 is 1.53 bits per heavy atom. The number of nitrogens with one attached hydrogen (secondary N) is 1. The molecule has 82 valence electrons. The summed E-state index contributed by atoms with van der Waals surface area (Å²) in [5.41, 5.74) is -0.237. The second kappa shape index (κ2) is 3.98. The fraction of sp³-hybridized carbons (Fsp3) is 0.444. The summed E-state index contributed by atoms with van der Waals surface area (Å²) >= 11 is 1.17. The lowest BCUT2D eigenvalue weighted by atomic mass is 10.1. The third-order valence-corrected chi connectivity index (χ3v) is 2.68. The highest BCUT2D eigenvalue weighted by Gasteiger charge is 2.29. The SMILES string of the molecule is Cc1nscc1C(=O)NC(C)(C)C(=O)O. The van der Waals surface area contributed by atoms with Gasteiger partial charge < -0.3 is 10.4 Å². The minimum absolute atomic E-state index is 0.409. The van der Waals surface area contributed by atoms with Crippen LogP contribution in [0.2, 0.25) is 0 Å². The quantitative estimate of drug-likeness (QED) is 0.810. The summed E-state index contributed by atoms with van der Waals surface area (Å²) in [5, 5.41) is 12.9. The van der Waals surface area contributed by atoms with Gasteiger partial charge in [0.05, 0.1) is 11.3 Å². The summed E-state index contributed by atoms with van der Waals surface area (Å²) in [4.78, 5) is 22.4. The van der Waals surface area contributed by atoms with Gasteiger partial charge in [0.15, 0.2) is 0 Å². The first-order valence-corrected chi connectivity index (χ1v) is 5.15. The van der Waals surface area contributed by atoms with Crippen molar-refractivity contribution in [1.82, 2.24) is 9.69 Å². The van der Waals surface area contributed by atoms with Crippen LogP contribution in [0.1, 0.15) is 29.9 Å². The maximum Gasteiger partial charge on any atom is 0.328 e. The van der Waals surface area contributed by atoms with Crippen LogP contribution in [0, 0.1) is 6.92 Å². The van der Waals surface area contributed by atoms with E-state index in [9.17, 15) is 9.59 Å². The first kappa shape index (κ1) is 11.6. The number of nitrogens with zero attached hydrogens (tertiary/aromatic N) is 1. The average molecular weight is 228 g/mol. The lowest BCUT2D eigenvalue weighted by Crippen LogP contribution is -2.49. The second-order valence-electron chi connectivity index (χ2n) is 3.70. The zero-order chi connectivity index (χ0) is 11.6. The molecule has 0 aliphatic heterocycles. The maximum absolute atomic E-state index is 11.6. The van der Waals surface area contributed by atoms with Crippen molar-refractivity contribution in [3.63, 3.8) is 0 Å². The van der Waals surface area contributed by atoms with Crippen LogP contribution in [0.5, 0.6) is 0 Å². The molecule has 6 heteroatoms. The van der Waals surface area contributed by atoms with Crippen molar-refractivity contribution in [2.75, 3.05) is 0 Å². The summed E-state index contributed by atoms with van der Waals surface area (Å²) in [5.74, 6) is -1.48. The van der Waals surface area contributed by atoms with Gasteiger partial charge in [0.1, 0.15) is 5.54 Å². The van der Waals surface area contributed by atoms with Crippen molar-refractivity contribution < 1.29 is 14.7 Å². The third kappa shape index (κ3) is 2.53. The lowest BCUT2D eigenvalue weighted by Gasteiger charge is -2.20. The van der Waals surface area contributed by atoms with Crippen molar-refractivity contribution in [1.29, 1.82) is 0 Å². The van der Waals surface area contributed by atoms with Gasteiger partial charge >= 0.3 is 5.97 Å². The van der Waals surface area contributed by atoms with E-state index >= 15 is 0 Å². The van der Waals surface area contributed by atoms with E-state index in [1.807, 2.05) is 0 Å². The van der Waals surface area contributed by atoms with E-state index in [-0.39, 0.29) is 0 Å². The number of carboxylic acids is 1. The van der Waals surface area contributed by atoms with E-state index in [0.29, 0.717) is 11.3 Å². The molecule has 15 heavy (non-hydrogen) atoms. The summed E-state index contributed by atoms with van der Waals surface area (Å²) in [6.07, 6.45) is 0. The van der Waals surface area contributed by atoms with Crippen molar-refractivity contribution in [2.45, 2.75) is 26.3 Å². The lowest BCUT2D eigenvalue weighted by molar-refractivity contribution is -0.143. The van der Waals surface area contributed by atoms with Crippen LogP contribution in [-0.2, 0) is 4.79 Å². The number of amides is 1. The molecule has 5 nitrogen and oxygen atoms in total. The van der Waals surface area contributed by atoms with E-state index in [1.54, 1.807) is 12.3 Å². The number of aromatic nitrogens is 1. The zero-order valence-electron chi connectivity index (χ0n) is 8.70. The highest BCUT2D eigenvalue weighted by atomic mass is 32.1. The normalized spacial score (nSPS) is 11.1. The number of carbonyl (C=O) groups is 2. The molecule has 0 atom stereocenters. The number of rotatable bonds is 3. The molecular weight excluding hydrogens is 216 g/mol. The van der Waals surface area contributed by atoms with Crippen molar-refractivity contribution in [3.05, 3.63) is 16.6 Å². The number of carbonyl (C=O) groups excluding carboxylic acids is 1. The molecule has 0 saturated carbocycles. The summed E-state index contributed by atoms with van der Waals surface area (Å²) in [7, 11) is 0. The van der Waals surface area contributed by atoms with Gasteiger partial charge in [0.2, 0.25) is 0 Å². The van der Waals surface area contributed by atoms with Crippen LogP contribution >= 0.6 is 11.5 Å². The standard InChI is InChI=1S/C9H12N2O3S/c1-5-6(4-15-11-5)7(12)10-9(2,3)8(13)14/h4H,1-3H3,(H,10,12)(H,13,14). The van der Waals surface area contributed by atoms with Crippen molar-refractivity contribution in [2.24, 2.45) is 0 Å². The van der Waals surface area contributed by atoms with Gasteiger partial charge in [-0.2, -0.15) is 4.37 Å². The fourth-order valence-corrected chi connectivity index (χ4v) is 1.61. The number of carboxylic acid groups (broad SMARTS) is 1. The van der Waals surface area contributed by atoms with E-state index < -0.39 is 17.4 Å². The van der Waals surface area contributed by atoms with Crippen LogP contribution in [0.3, 0.4) is 0 Å². The first-order valence-electron chi connectivity index (χ1n) is 4.31. The highest BCUT2D eigenvalue weighted by Crippen LogP contribution is 2.11. The summed E-state index contributed by atoms with van der Waals surface area (Å²) in [6, 6.07) is 0. The molecule has 0 unspecified atom stereocenters. The van der Waals surface area contributed by atoms with Crippen LogP contribution in [-0.4, -0.2) is 26.9 Å². The van der Waals surface area contributed by atoms with Crippen molar-refractivity contribution >= 4 is 23.4 Å². The molecule has 0 aliphatic rings. The van der Waals surface area contributed by atoms with Crippen molar-refractivity contribution in [3.8, 4) is 0 Å². The molecule has 1 amide bonds. The van der Waals surface area contributed by atoms with E-state index in [1.165, 1.54) is 25.4 Å². The maximum atomic E-state index is 11.6. The Balaban J connectivity index is 2.81. The van der Waals surface area contributed by atoms with Crippen LogP contribution in [0.4, 0.5) is 0 Å². The summed E-state index contributed by atoms with van der Waals surface area (Å²) in [6.45, 7) is 4.57. The minimum Gasteiger partial charge on any atom is -0.480 e. The molecule has 1 aromatic rings. The Kier molecular flexibility index (Phi) is 3.09. The molecule has 0 fully saturated rings. The van der Waals surface area contributed by atoms with Gasteiger partial charge in [-0.05, 0) is 32.3 Å². The minimum atomic E-state index is -1.27. The largest absolute Gasteiger partial charge is 0.480 e. The molecule has 2 N–H and O–H groups in total. The van der Waals surface area contributed by atoms with E-state index in [4.69, 9.17) is 5.11 Å². The Bertz CT molecular complexity index is 398. The Labute approximate surface area is 91.3 Å². The number of aliphatic carboxylic acids is 1. The Morgan fingerprint density at radius 2 is 2.13 bits per heavy atom. The first-order chi connectivity index (χ1) is 6.84. The molecular formula is C9H12N2O3S. The predicted octanol–water partition coefficient (Wildman–Crippen LogP) is 1.04. The molecule has 0 aliphatic carbocycles. The van der Waals surface area contributed by atoms with Gasteiger partial charge in [-0.1, -0.05) is 0 Å². The second-order valence-corrected chi connectivity index (χ2v) is 4.33. The van der Waals surface area contributed by atoms with E-state index in [2.05, 4.69) is 9.69 Å². The number of hydrogen-bond acceptors (Lipinski definition) is 4. The fourth-order valence-electron chi connectivity index (χ4n) is 0.915. The van der Waals surface area contributed by atoms with Gasteiger partial charge in [-0.15, -0.1) is 0 Å². The summed E-state index contributed by atoms with van der Waals surface area (Å²) < 4.78 is 3.95. The van der Waals surface area contributed by atoms with Gasteiger partial charge in [0, 0.05) is 5.38 Å². The molecule has 0 spiro atoms. The topological polar surface area (TPSA) is 79.3 Å². The number of hydrogen-bond donors (Lipinski definition) is 2. The predicted molar refractivity (Wildman–Crippen MR) is 56.0 cm³/mol. The van der Waals surface area contributed by atoms with Crippen LogP contribution in [0.25, 0.3) is 0 Å². The molecule has 0 radical (unpaired) electrons. The monoisotopic (exact) mass is 228 g/mol. The molecule has 0 aromatic carbocycles. The van der Waals surface area contributed by atoms with Gasteiger partial charge in [-0.3, -0.25) is 4.79 Å². The van der Waals surface area contributed by atoms with Crippen LogP contribution < -0.4 is 5.32 Å². The molecule has 1 rings (SSSR count). The number of aryl methyl sites for hydroxylation is 1. The molecule has 0 bridgehead atoms. The molecule has 1 aromatic heterocycles. The molecule has 1 heterocycles. The molecule has 0 saturated heterocycles. The van der Waals surface area contributed by atoms with Crippen LogP contribution in [0.15, 0.2) is 5.38 Å². The van der Waals surface area contributed by atoms with E-state index in [0.717, 1.165) is 0 Å². The highest BCUT2D eigenvalue weighted by molar-refractivity contribution is 7.03. The average Bonchev–Trinajstić information content (AvgIpc) is 2.50. The van der Waals surface area contributed by atoms with Gasteiger partial charge in [-0.25, -0.2) is 4.79 Å². The third-order valence-electron chi connectivity index (χ3n) is 1.96. The Morgan fingerprint density at radius 3 is 2.53 bits per heavy atom.